The van der Waals surface area contributed by atoms with Gasteiger partial charge in [0.15, 0.2) is 0 Å². The standard InChI is InChI=1S/C15H19N3O3/c1-3-15(2,13(19)20)10-18-14(21)17-9-12-6-4-11(8-16)5-7-12/h4-7H,3,9-10H2,1-2H3,(H,19,20)(H2,17,18,21). The number of carboxylic acid groups (broad SMARTS) is 1. The van der Waals surface area contributed by atoms with Gasteiger partial charge in [0.25, 0.3) is 0 Å². The lowest BCUT2D eigenvalue weighted by molar-refractivity contribution is -0.147. The maximum absolute atomic E-state index is 11.7. The van der Waals surface area contributed by atoms with Crippen molar-refractivity contribution in [2.45, 2.75) is 26.8 Å². The summed E-state index contributed by atoms with van der Waals surface area (Å²) in [5.74, 6) is -0.933. The van der Waals surface area contributed by atoms with Crippen LogP contribution in [0.15, 0.2) is 24.3 Å². The quantitative estimate of drug-likeness (QED) is 0.743. The lowest BCUT2D eigenvalue weighted by Crippen LogP contribution is -2.44. The molecule has 0 saturated heterocycles. The number of nitriles is 1. The summed E-state index contributed by atoms with van der Waals surface area (Å²) in [4.78, 5) is 22.8. The lowest BCUT2D eigenvalue weighted by atomic mass is 9.88. The van der Waals surface area contributed by atoms with Crippen LogP contribution in [0.1, 0.15) is 31.4 Å². The van der Waals surface area contributed by atoms with Crippen LogP contribution < -0.4 is 10.6 Å². The highest BCUT2D eigenvalue weighted by molar-refractivity contribution is 5.77. The summed E-state index contributed by atoms with van der Waals surface area (Å²) in [6, 6.07) is 8.46. The maximum atomic E-state index is 11.7. The van der Waals surface area contributed by atoms with E-state index in [1.165, 1.54) is 0 Å². The molecule has 0 aromatic heterocycles. The molecule has 2 amide bonds. The molecule has 0 bridgehead atoms. The van der Waals surface area contributed by atoms with Crippen LogP contribution in [0.5, 0.6) is 0 Å². The smallest absolute Gasteiger partial charge is 0.315 e. The van der Waals surface area contributed by atoms with Gasteiger partial charge < -0.3 is 15.7 Å². The summed E-state index contributed by atoms with van der Waals surface area (Å²) >= 11 is 0. The van der Waals surface area contributed by atoms with Gasteiger partial charge >= 0.3 is 12.0 Å². The molecule has 112 valence electrons. The summed E-state index contributed by atoms with van der Waals surface area (Å²) in [6.07, 6.45) is 0.429. The average molecular weight is 289 g/mol. The molecule has 0 aliphatic heterocycles. The van der Waals surface area contributed by atoms with Gasteiger partial charge in [-0.25, -0.2) is 4.79 Å². The minimum atomic E-state index is -0.966. The summed E-state index contributed by atoms with van der Waals surface area (Å²) in [7, 11) is 0. The van der Waals surface area contributed by atoms with E-state index in [0.717, 1.165) is 5.56 Å². The van der Waals surface area contributed by atoms with Crippen molar-refractivity contribution < 1.29 is 14.7 Å². The molecule has 1 atom stereocenters. The van der Waals surface area contributed by atoms with Gasteiger partial charge in [-0.3, -0.25) is 4.79 Å². The molecule has 0 aliphatic carbocycles. The number of carboxylic acids is 1. The Labute approximate surface area is 123 Å². The number of nitrogens with one attached hydrogen (secondary N) is 2. The van der Waals surface area contributed by atoms with Crippen LogP contribution in [0.2, 0.25) is 0 Å². The van der Waals surface area contributed by atoms with E-state index in [1.54, 1.807) is 38.1 Å². The van der Waals surface area contributed by atoms with Crippen molar-refractivity contribution in [3.63, 3.8) is 0 Å². The second-order valence-corrected chi connectivity index (χ2v) is 5.06. The van der Waals surface area contributed by atoms with Crippen LogP contribution in [0.4, 0.5) is 4.79 Å². The summed E-state index contributed by atoms with van der Waals surface area (Å²) in [5, 5.41) is 23.0. The van der Waals surface area contributed by atoms with Crippen LogP contribution >= 0.6 is 0 Å². The predicted octanol–water partition coefficient (Wildman–Crippen LogP) is 1.86. The van der Waals surface area contributed by atoms with E-state index < -0.39 is 17.4 Å². The zero-order chi connectivity index (χ0) is 15.9. The van der Waals surface area contributed by atoms with Crippen LogP contribution in [0.3, 0.4) is 0 Å². The zero-order valence-corrected chi connectivity index (χ0v) is 12.1. The predicted molar refractivity (Wildman–Crippen MR) is 77.4 cm³/mol. The largest absolute Gasteiger partial charge is 0.481 e. The van der Waals surface area contributed by atoms with Crippen molar-refractivity contribution >= 4 is 12.0 Å². The summed E-state index contributed by atoms with van der Waals surface area (Å²) in [6.45, 7) is 3.74. The van der Waals surface area contributed by atoms with Crippen molar-refractivity contribution in [3.05, 3.63) is 35.4 Å². The molecule has 1 aromatic rings. The molecule has 3 N–H and O–H groups in total. The molecule has 21 heavy (non-hydrogen) atoms. The number of hydrogen-bond donors (Lipinski definition) is 3. The molecule has 6 heteroatoms. The van der Waals surface area contributed by atoms with E-state index in [9.17, 15) is 9.59 Å². The van der Waals surface area contributed by atoms with E-state index in [-0.39, 0.29) is 6.54 Å². The van der Waals surface area contributed by atoms with Gasteiger partial charge in [0.1, 0.15) is 0 Å². The molecule has 0 spiro atoms. The van der Waals surface area contributed by atoms with Crippen LogP contribution in [0.25, 0.3) is 0 Å². The third-order valence-corrected chi connectivity index (χ3v) is 3.47. The number of rotatable bonds is 6. The first-order valence-corrected chi connectivity index (χ1v) is 6.65. The summed E-state index contributed by atoms with van der Waals surface area (Å²) < 4.78 is 0. The second kappa shape index (κ2) is 7.29. The number of benzene rings is 1. The molecule has 6 nitrogen and oxygen atoms in total. The van der Waals surface area contributed by atoms with Gasteiger partial charge in [0.2, 0.25) is 0 Å². The zero-order valence-electron chi connectivity index (χ0n) is 12.1. The monoisotopic (exact) mass is 289 g/mol. The van der Waals surface area contributed by atoms with Crippen molar-refractivity contribution in [1.29, 1.82) is 5.26 Å². The van der Waals surface area contributed by atoms with E-state index in [1.807, 2.05) is 6.07 Å². The first kappa shape index (κ1) is 16.5. The molecular weight excluding hydrogens is 270 g/mol. The molecule has 1 rings (SSSR count). The van der Waals surface area contributed by atoms with Gasteiger partial charge in [-0.05, 0) is 31.0 Å². The third-order valence-electron chi connectivity index (χ3n) is 3.47. The Balaban J connectivity index is 2.44. The number of carbonyl (C=O) groups excluding carboxylic acids is 1. The highest BCUT2D eigenvalue weighted by atomic mass is 16.4. The van der Waals surface area contributed by atoms with E-state index >= 15 is 0 Å². The Kier molecular flexibility index (Phi) is 5.73. The molecule has 0 radical (unpaired) electrons. The van der Waals surface area contributed by atoms with Crippen LogP contribution in [-0.2, 0) is 11.3 Å². The molecule has 0 aliphatic rings. The molecule has 0 saturated carbocycles. The molecule has 0 fully saturated rings. The van der Waals surface area contributed by atoms with Crippen molar-refractivity contribution in [2.24, 2.45) is 5.41 Å². The maximum Gasteiger partial charge on any atom is 0.315 e. The first-order valence-electron chi connectivity index (χ1n) is 6.65. The Morgan fingerprint density at radius 1 is 1.29 bits per heavy atom. The highest BCUT2D eigenvalue weighted by Crippen LogP contribution is 2.19. The Morgan fingerprint density at radius 2 is 1.90 bits per heavy atom. The van der Waals surface area contributed by atoms with Crippen LogP contribution in [-0.4, -0.2) is 23.7 Å². The number of hydrogen-bond acceptors (Lipinski definition) is 3. The first-order chi connectivity index (χ1) is 9.91. The van der Waals surface area contributed by atoms with Crippen molar-refractivity contribution in [3.8, 4) is 6.07 Å². The normalized spacial score (nSPS) is 12.8. The van der Waals surface area contributed by atoms with Crippen molar-refractivity contribution in [2.75, 3.05) is 6.54 Å². The Bertz CT molecular complexity index is 548. The van der Waals surface area contributed by atoms with Crippen molar-refractivity contribution in [1.82, 2.24) is 10.6 Å². The topological polar surface area (TPSA) is 102 Å². The van der Waals surface area contributed by atoms with Gasteiger partial charge in [0, 0.05) is 13.1 Å². The Hall–Kier alpha value is -2.55. The van der Waals surface area contributed by atoms with Gasteiger partial charge in [0.05, 0.1) is 17.0 Å². The van der Waals surface area contributed by atoms with E-state index in [4.69, 9.17) is 10.4 Å². The summed E-state index contributed by atoms with van der Waals surface area (Å²) in [5.41, 5.74) is 0.454. The highest BCUT2D eigenvalue weighted by Gasteiger charge is 2.31. The van der Waals surface area contributed by atoms with E-state index in [2.05, 4.69) is 10.6 Å². The number of urea groups is 1. The number of aliphatic carboxylic acids is 1. The molecular formula is C15H19N3O3. The van der Waals surface area contributed by atoms with Gasteiger partial charge in [-0.2, -0.15) is 5.26 Å². The molecule has 0 heterocycles. The number of nitrogens with zero attached hydrogens (tertiary/aromatic N) is 1. The number of amides is 2. The minimum Gasteiger partial charge on any atom is -0.481 e. The SMILES string of the molecule is CCC(C)(CNC(=O)NCc1ccc(C#N)cc1)C(=O)O. The Morgan fingerprint density at radius 3 is 2.38 bits per heavy atom. The average Bonchev–Trinajstić information content (AvgIpc) is 2.50. The van der Waals surface area contributed by atoms with Gasteiger partial charge in [-0.15, -0.1) is 0 Å². The van der Waals surface area contributed by atoms with Gasteiger partial charge in [-0.1, -0.05) is 19.1 Å². The minimum absolute atomic E-state index is 0.0675. The fraction of sp³-hybridized carbons (Fsp3) is 0.400. The number of carbonyl (C=O) groups is 2. The third kappa shape index (κ3) is 4.80. The fourth-order valence-electron chi connectivity index (χ4n) is 1.57. The van der Waals surface area contributed by atoms with E-state index in [0.29, 0.717) is 18.5 Å². The molecule has 1 aromatic carbocycles. The van der Waals surface area contributed by atoms with Crippen LogP contribution in [0, 0.1) is 16.7 Å². The lowest BCUT2D eigenvalue weighted by Gasteiger charge is -2.23. The molecule has 1 unspecified atom stereocenters. The fourth-order valence-corrected chi connectivity index (χ4v) is 1.57. The second-order valence-electron chi connectivity index (χ2n) is 5.06.